The Labute approximate surface area is 90.4 Å². The first-order valence-electron chi connectivity index (χ1n) is 4.34. The maximum Gasteiger partial charge on any atom is 0.279 e. The molecule has 4 nitrogen and oxygen atoms in total. The number of aryl methyl sites for hydroxylation is 1. The second kappa shape index (κ2) is 3.78. The summed E-state index contributed by atoms with van der Waals surface area (Å²) in [5, 5.41) is 13.4. The Hall–Kier alpha value is -1.75. The van der Waals surface area contributed by atoms with Crippen LogP contribution in [0.4, 0.5) is 5.69 Å². The van der Waals surface area contributed by atoms with Gasteiger partial charge in [-0.05, 0) is 13.0 Å². The molecule has 0 atom stereocenters. The molecule has 0 bridgehead atoms. The van der Waals surface area contributed by atoms with Crippen molar-refractivity contribution in [2.75, 3.05) is 0 Å². The van der Waals surface area contributed by atoms with Gasteiger partial charge in [0.1, 0.15) is 5.01 Å². The smallest absolute Gasteiger partial charge is 0.258 e. The molecule has 1 heterocycles. The van der Waals surface area contributed by atoms with E-state index in [9.17, 15) is 10.1 Å². The summed E-state index contributed by atoms with van der Waals surface area (Å²) in [6.07, 6.45) is 0. The average Bonchev–Trinajstić information content (AvgIpc) is 2.65. The van der Waals surface area contributed by atoms with E-state index in [0.717, 1.165) is 5.69 Å². The van der Waals surface area contributed by atoms with Crippen LogP contribution in [0.15, 0.2) is 29.6 Å². The Balaban J connectivity index is 2.57. The minimum Gasteiger partial charge on any atom is -0.258 e. The zero-order valence-corrected chi connectivity index (χ0v) is 8.82. The van der Waals surface area contributed by atoms with Gasteiger partial charge in [-0.25, -0.2) is 4.98 Å². The van der Waals surface area contributed by atoms with E-state index in [2.05, 4.69) is 4.98 Å². The lowest BCUT2D eigenvalue weighted by molar-refractivity contribution is -0.384. The third kappa shape index (κ3) is 1.87. The van der Waals surface area contributed by atoms with Gasteiger partial charge in [-0.1, -0.05) is 12.1 Å². The van der Waals surface area contributed by atoms with E-state index in [1.54, 1.807) is 18.2 Å². The highest BCUT2D eigenvalue weighted by atomic mass is 32.1. The van der Waals surface area contributed by atoms with Crippen molar-refractivity contribution in [2.24, 2.45) is 0 Å². The van der Waals surface area contributed by atoms with Gasteiger partial charge in [0, 0.05) is 17.1 Å². The number of benzene rings is 1. The van der Waals surface area contributed by atoms with E-state index >= 15 is 0 Å². The van der Waals surface area contributed by atoms with E-state index in [1.807, 2.05) is 12.3 Å². The first-order chi connectivity index (χ1) is 7.18. The second-order valence-corrected chi connectivity index (χ2v) is 3.93. The minimum absolute atomic E-state index is 0.104. The summed E-state index contributed by atoms with van der Waals surface area (Å²) in [4.78, 5) is 14.6. The average molecular weight is 220 g/mol. The van der Waals surface area contributed by atoms with Crippen LogP contribution in [0.25, 0.3) is 10.6 Å². The number of nitrogens with zero attached hydrogens (tertiary/aromatic N) is 2. The molecule has 1 aromatic carbocycles. The highest BCUT2D eigenvalue weighted by molar-refractivity contribution is 7.13. The van der Waals surface area contributed by atoms with E-state index in [1.165, 1.54) is 17.4 Å². The Bertz CT molecular complexity index is 508. The molecular weight excluding hydrogens is 212 g/mol. The molecule has 0 fully saturated rings. The topological polar surface area (TPSA) is 56.0 Å². The second-order valence-electron chi connectivity index (χ2n) is 3.07. The summed E-state index contributed by atoms with van der Waals surface area (Å²) in [5.41, 5.74) is 1.57. The van der Waals surface area contributed by atoms with Crippen molar-refractivity contribution in [3.63, 3.8) is 0 Å². The highest BCUT2D eigenvalue weighted by Gasteiger charge is 2.16. The summed E-state index contributed by atoms with van der Waals surface area (Å²) in [6.45, 7) is 1.87. The van der Waals surface area contributed by atoms with E-state index < -0.39 is 0 Å². The third-order valence-electron chi connectivity index (χ3n) is 1.95. The molecule has 0 unspecified atom stereocenters. The predicted octanol–water partition coefficient (Wildman–Crippen LogP) is 3.03. The zero-order valence-electron chi connectivity index (χ0n) is 8.01. The molecule has 15 heavy (non-hydrogen) atoms. The molecule has 0 aliphatic carbocycles. The molecule has 0 N–H and O–H groups in total. The van der Waals surface area contributed by atoms with Crippen molar-refractivity contribution in [1.29, 1.82) is 0 Å². The number of hydrogen-bond donors (Lipinski definition) is 0. The third-order valence-corrected chi connectivity index (χ3v) is 2.94. The Morgan fingerprint density at radius 2 is 2.13 bits per heavy atom. The number of aromatic nitrogens is 1. The summed E-state index contributed by atoms with van der Waals surface area (Å²) in [6, 6.07) is 6.64. The van der Waals surface area contributed by atoms with Crippen molar-refractivity contribution in [3.05, 3.63) is 45.5 Å². The lowest BCUT2D eigenvalue weighted by atomic mass is 10.2. The van der Waals surface area contributed by atoms with Gasteiger partial charge in [-0.15, -0.1) is 11.3 Å². The van der Waals surface area contributed by atoms with Crippen LogP contribution in [0.3, 0.4) is 0 Å². The van der Waals surface area contributed by atoms with Crippen LogP contribution in [0.5, 0.6) is 0 Å². The van der Waals surface area contributed by atoms with Crippen molar-refractivity contribution in [2.45, 2.75) is 6.92 Å². The van der Waals surface area contributed by atoms with Crippen LogP contribution < -0.4 is 0 Å². The van der Waals surface area contributed by atoms with Crippen molar-refractivity contribution >= 4 is 17.0 Å². The SMILES string of the molecule is Cc1csc(-c2ccccc2[N+](=O)[O-])n1. The van der Waals surface area contributed by atoms with Gasteiger partial charge in [-0.3, -0.25) is 10.1 Å². The summed E-state index contributed by atoms with van der Waals surface area (Å²) < 4.78 is 0. The Morgan fingerprint density at radius 3 is 2.73 bits per heavy atom. The fourth-order valence-corrected chi connectivity index (χ4v) is 2.12. The van der Waals surface area contributed by atoms with Crippen LogP contribution in [0, 0.1) is 17.0 Å². The first kappa shape index (κ1) is 9.79. The molecule has 0 saturated heterocycles. The minimum atomic E-state index is -0.383. The molecule has 0 radical (unpaired) electrons. The van der Waals surface area contributed by atoms with Gasteiger partial charge in [-0.2, -0.15) is 0 Å². The van der Waals surface area contributed by atoms with Gasteiger partial charge in [0.15, 0.2) is 0 Å². The van der Waals surface area contributed by atoms with E-state index in [0.29, 0.717) is 10.6 Å². The number of nitro groups is 1. The van der Waals surface area contributed by atoms with E-state index in [4.69, 9.17) is 0 Å². The molecule has 0 spiro atoms. The highest BCUT2D eigenvalue weighted by Crippen LogP contribution is 2.31. The molecule has 0 saturated carbocycles. The molecule has 0 aliphatic heterocycles. The van der Waals surface area contributed by atoms with Gasteiger partial charge in [0.25, 0.3) is 5.69 Å². The van der Waals surface area contributed by atoms with Gasteiger partial charge in [0.05, 0.1) is 10.5 Å². The zero-order chi connectivity index (χ0) is 10.8. The van der Waals surface area contributed by atoms with Crippen LogP contribution in [-0.4, -0.2) is 9.91 Å². The normalized spacial score (nSPS) is 10.2. The van der Waals surface area contributed by atoms with Gasteiger partial charge < -0.3 is 0 Å². The Kier molecular flexibility index (Phi) is 2.47. The largest absolute Gasteiger partial charge is 0.279 e. The lowest BCUT2D eigenvalue weighted by Gasteiger charge is -1.97. The van der Waals surface area contributed by atoms with E-state index in [-0.39, 0.29) is 10.6 Å². The van der Waals surface area contributed by atoms with Crippen LogP contribution >= 0.6 is 11.3 Å². The quantitative estimate of drug-likeness (QED) is 0.577. The number of para-hydroxylation sites is 1. The fraction of sp³-hybridized carbons (Fsp3) is 0.100. The predicted molar refractivity (Wildman–Crippen MR) is 58.9 cm³/mol. The van der Waals surface area contributed by atoms with Crippen molar-refractivity contribution in [1.82, 2.24) is 4.98 Å². The molecule has 2 aromatic rings. The fourth-order valence-electron chi connectivity index (χ4n) is 1.29. The van der Waals surface area contributed by atoms with Crippen molar-refractivity contribution < 1.29 is 4.92 Å². The molecule has 2 rings (SSSR count). The summed E-state index contributed by atoms with van der Waals surface area (Å²) in [5.74, 6) is 0. The van der Waals surface area contributed by atoms with Crippen LogP contribution in [-0.2, 0) is 0 Å². The summed E-state index contributed by atoms with van der Waals surface area (Å²) >= 11 is 1.42. The molecular formula is C10H8N2O2S. The van der Waals surface area contributed by atoms with Gasteiger partial charge >= 0.3 is 0 Å². The summed E-state index contributed by atoms with van der Waals surface area (Å²) in [7, 11) is 0. The molecule has 0 amide bonds. The molecule has 1 aromatic heterocycles. The van der Waals surface area contributed by atoms with Crippen LogP contribution in [0.2, 0.25) is 0 Å². The monoisotopic (exact) mass is 220 g/mol. The number of hydrogen-bond acceptors (Lipinski definition) is 4. The van der Waals surface area contributed by atoms with Gasteiger partial charge in [0.2, 0.25) is 0 Å². The molecule has 5 heteroatoms. The number of thiazole rings is 1. The number of nitro benzene ring substituents is 1. The Morgan fingerprint density at radius 1 is 1.40 bits per heavy atom. The maximum absolute atomic E-state index is 10.8. The van der Waals surface area contributed by atoms with Crippen LogP contribution in [0.1, 0.15) is 5.69 Å². The maximum atomic E-state index is 10.8. The van der Waals surface area contributed by atoms with Crippen molar-refractivity contribution in [3.8, 4) is 10.6 Å². The lowest BCUT2D eigenvalue weighted by Crippen LogP contribution is -1.90. The standard InChI is InChI=1S/C10H8N2O2S/c1-7-6-15-10(11-7)8-4-2-3-5-9(8)12(13)14/h2-6H,1H3. The molecule has 0 aliphatic rings. The first-order valence-corrected chi connectivity index (χ1v) is 5.22. The number of rotatable bonds is 2. The molecule has 76 valence electrons.